The molecule has 0 saturated heterocycles. The Bertz CT molecular complexity index is 1080. The number of aromatic carboxylic acids is 1. The van der Waals surface area contributed by atoms with Crippen molar-refractivity contribution < 1.29 is 19.4 Å². The first-order valence-electron chi connectivity index (χ1n) is 8.47. The molecule has 5 nitrogen and oxygen atoms in total. The molecule has 0 spiro atoms. The van der Waals surface area contributed by atoms with Crippen LogP contribution < -0.4 is 10.1 Å². The van der Waals surface area contributed by atoms with Crippen LogP contribution >= 0.6 is 23.2 Å². The van der Waals surface area contributed by atoms with Crippen molar-refractivity contribution in [2.24, 2.45) is 0 Å². The zero-order valence-corrected chi connectivity index (χ0v) is 16.4. The van der Waals surface area contributed by atoms with Gasteiger partial charge in [0, 0.05) is 12.1 Å². The van der Waals surface area contributed by atoms with Gasteiger partial charge in [-0.1, -0.05) is 47.5 Å². The van der Waals surface area contributed by atoms with Gasteiger partial charge < -0.3 is 15.2 Å². The first kappa shape index (κ1) is 20.5. The van der Waals surface area contributed by atoms with E-state index in [-0.39, 0.29) is 11.3 Å². The molecule has 3 aromatic rings. The van der Waals surface area contributed by atoms with Gasteiger partial charge in [-0.05, 0) is 48.0 Å². The number of nitrogens with one attached hydrogen (secondary N) is 1. The summed E-state index contributed by atoms with van der Waals surface area (Å²) in [5, 5.41) is 12.7. The molecule has 3 aromatic carbocycles. The summed E-state index contributed by atoms with van der Waals surface area (Å²) >= 11 is 11.8. The zero-order valence-electron chi connectivity index (χ0n) is 14.9. The molecule has 29 heavy (non-hydrogen) atoms. The van der Waals surface area contributed by atoms with E-state index < -0.39 is 11.9 Å². The second kappa shape index (κ2) is 9.28. The first-order valence-corrected chi connectivity index (χ1v) is 9.22. The summed E-state index contributed by atoms with van der Waals surface area (Å²) in [6.45, 7) is 0. The van der Waals surface area contributed by atoms with Gasteiger partial charge in [0.05, 0.1) is 21.3 Å². The minimum absolute atomic E-state index is 0.0540. The van der Waals surface area contributed by atoms with E-state index in [2.05, 4.69) is 5.32 Å². The normalized spacial score (nSPS) is 10.7. The molecule has 0 aliphatic heterocycles. The van der Waals surface area contributed by atoms with Crippen LogP contribution in [-0.4, -0.2) is 17.0 Å². The third kappa shape index (κ3) is 5.60. The summed E-state index contributed by atoms with van der Waals surface area (Å²) in [4.78, 5) is 23.8. The van der Waals surface area contributed by atoms with Gasteiger partial charge in [0.25, 0.3) is 0 Å². The number of rotatable bonds is 6. The maximum absolute atomic E-state index is 12.3. The molecule has 1 amide bonds. The summed E-state index contributed by atoms with van der Waals surface area (Å²) in [6, 6.07) is 18.3. The van der Waals surface area contributed by atoms with E-state index in [1.54, 1.807) is 36.4 Å². The van der Waals surface area contributed by atoms with E-state index in [4.69, 9.17) is 27.9 Å². The van der Waals surface area contributed by atoms with Crippen LogP contribution in [0.1, 0.15) is 15.9 Å². The van der Waals surface area contributed by atoms with Gasteiger partial charge in [0.15, 0.2) is 0 Å². The van der Waals surface area contributed by atoms with Crippen LogP contribution in [0.3, 0.4) is 0 Å². The predicted octanol–water partition coefficient (Wildman–Crippen LogP) is 6.14. The van der Waals surface area contributed by atoms with Crippen molar-refractivity contribution >= 4 is 46.8 Å². The fraction of sp³-hybridized carbons (Fsp3) is 0. The average molecular weight is 428 g/mol. The number of ether oxygens (including phenoxy) is 1. The quantitative estimate of drug-likeness (QED) is 0.463. The highest BCUT2D eigenvalue weighted by atomic mass is 35.5. The number of benzene rings is 3. The Hall–Kier alpha value is -3.28. The smallest absolute Gasteiger partial charge is 0.337 e. The van der Waals surface area contributed by atoms with Crippen LogP contribution in [0.5, 0.6) is 11.5 Å². The zero-order chi connectivity index (χ0) is 20.8. The number of carboxylic acids is 1. The second-order valence-electron chi connectivity index (χ2n) is 5.92. The molecule has 0 aliphatic rings. The molecule has 2 N–H and O–H groups in total. The Balaban J connectivity index is 1.79. The van der Waals surface area contributed by atoms with Gasteiger partial charge in [-0.25, -0.2) is 4.79 Å². The van der Waals surface area contributed by atoms with Gasteiger partial charge in [-0.15, -0.1) is 0 Å². The lowest BCUT2D eigenvalue weighted by Gasteiger charge is -2.11. The van der Waals surface area contributed by atoms with Gasteiger partial charge in [0.2, 0.25) is 5.91 Å². The number of carbonyl (C=O) groups is 2. The molecule has 0 bridgehead atoms. The lowest BCUT2D eigenvalue weighted by atomic mass is 10.1. The lowest BCUT2D eigenvalue weighted by Crippen LogP contribution is -2.12. The van der Waals surface area contributed by atoms with Crippen molar-refractivity contribution in [3.05, 3.63) is 94.0 Å². The highest BCUT2D eigenvalue weighted by Crippen LogP contribution is 2.27. The Kier molecular flexibility index (Phi) is 6.54. The molecule has 0 heterocycles. The molecule has 0 saturated carbocycles. The number of carboxylic acid groups (broad SMARTS) is 1. The van der Waals surface area contributed by atoms with E-state index >= 15 is 0 Å². The maximum Gasteiger partial charge on any atom is 0.337 e. The molecule has 7 heteroatoms. The fourth-order valence-corrected chi connectivity index (χ4v) is 2.77. The van der Waals surface area contributed by atoms with Gasteiger partial charge >= 0.3 is 5.97 Å². The second-order valence-corrected chi connectivity index (χ2v) is 6.74. The van der Waals surface area contributed by atoms with Crippen LogP contribution in [0.2, 0.25) is 10.0 Å². The monoisotopic (exact) mass is 427 g/mol. The average Bonchev–Trinajstić information content (AvgIpc) is 2.69. The van der Waals surface area contributed by atoms with Crippen LogP contribution in [0, 0.1) is 0 Å². The van der Waals surface area contributed by atoms with Crippen molar-refractivity contribution in [2.75, 3.05) is 5.32 Å². The SMILES string of the molecule is O=C(C=Cc1ccc(Cl)c(Cl)c1)Nc1cc(Oc2ccccc2)ccc1C(=O)O. The van der Waals surface area contributed by atoms with E-state index in [9.17, 15) is 14.7 Å². The van der Waals surface area contributed by atoms with Crippen molar-refractivity contribution in [3.8, 4) is 11.5 Å². The topological polar surface area (TPSA) is 75.6 Å². The largest absolute Gasteiger partial charge is 0.478 e. The van der Waals surface area contributed by atoms with Crippen LogP contribution in [0.4, 0.5) is 5.69 Å². The Labute approximate surface area is 177 Å². The third-order valence-electron chi connectivity index (χ3n) is 3.83. The molecule has 0 unspecified atom stereocenters. The third-order valence-corrected chi connectivity index (χ3v) is 4.57. The molecule has 146 valence electrons. The van der Waals surface area contributed by atoms with Crippen LogP contribution in [0.25, 0.3) is 6.08 Å². The molecule has 0 aromatic heterocycles. The number of carbonyl (C=O) groups excluding carboxylic acids is 1. The summed E-state index contributed by atoms with van der Waals surface area (Å²) in [6.07, 6.45) is 2.82. The van der Waals surface area contributed by atoms with E-state index in [0.29, 0.717) is 27.1 Å². The summed E-state index contributed by atoms with van der Waals surface area (Å²) < 4.78 is 5.70. The number of amides is 1. The highest BCUT2D eigenvalue weighted by molar-refractivity contribution is 6.42. The number of para-hydroxylation sites is 1. The van der Waals surface area contributed by atoms with Crippen molar-refractivity contribution in [2.45, 2.75) is 0 Å². The van der Waals surface area contributed by atoms with Crippen LogP contribution in [-0.2, 0) is 4.79 Å². The van der Waals surface area contributed by atoms with E-state index in [1.165, 1.54) is 24.3 Å². The molecular formula is C22H15Cl2NO4. The predicted molar refractivity (Wildman–Crippen MR) is 114 cm³/mol. The molecule has 0 aliphatic carbocycles. The number of anilines is 1. The van der Waals surface area contributed by atoms with Gasteiger partial charge in [0.1, 0.15) is 11.5 Å². The van der Waals surface area contributed by atoms with Crippen molar-refractivity contribution in [1.82, 2.24) is 0 Å². The first-order chi connectivity index (χ1) is 13.9. The fourth-order valence-electron chi connectivity index (χ4n) is 2.46. The number of halogens is 2. The minimum atomic E-state index is -1.17. The molecule has 0 radical (unpaired) electrons. The Morgan fingerprint density at radius 1 is 0.897 bits per heavy atom. The number of hydrogen-bond donors (Lipinski definition) is 2. The molecule has 0 atom stereocenters. The van der Waals surface area contributed by atoms with E-state index in [0.717, 1.165) is 0 Å². The van der Waals surface area contributed by atoms with Gasteiger partial charge in [-0.3, -0.25) is 4.79 Å². The van der Waals surface area contributed by atoms with Crippen molar-refractivity contribution in [3.63, 3.8) is 0 Å². The molecule has 0 fully saturated rings. The highest BCUT2D eigenvalue weighted by Gasteiger charge is 2.13. The molecular weight excluding hydrogens is 413 g/mol. The van der Waals surface area contributed by atoms with Crippen molar-refractivity contribution in [1.29, 1.82) is 0 Å². The van der Waals surface area contributed by atoms with Crippen LogP contribution in [0.15, 0.2) is 72.8 Å². The Morgan fingerprint density at radius 2 is 1.66 bits per heavy atom. The molecule has 3 rings (SSSR count). The maximum atomic E-state index is 12.3. The minimum Gasteiger partial charge on any atom is -0.478 e. The number of hydrogen-bond acceptors (Lipinski definition) is 3. The standard InChI is InChI=1S/C22H15Cl2NO4/c23-18-10-6-14(12-19(18)24)7-11-21(26)25-20-13-16(8-9-17(20)22(27)28)29-15-4-2-1-3-5-15/h1-13H,(H,25,26)(H,27,28). The van der Waals surface area contributed by atoms with E-state index in [1.807, 2.05) is 18.2 Å². The summed E-state index contributed by atoms with van der Waals surface area (Å²) in [5.41, 5.74) is 0.741. The van der Waals surface area contributed by atoms with Gasteiger partial charge in [-0.2, -0.15) is 0 Å². The lowest BCUT2D eigenvalue weighted by molar-refractivity contribution is -0.111. The summed E-state index contributed by atoms with van der Waals surface area (Å²) in [7, 11) is 0. The Morgan fingerprint density at radius 3 is 2.34 bits per heavy atom. The summed E-state index contributed by atoms with van der Waals surface area (Å²) in [5.74, 6) is -0.687.